The van der Waals surface area contributed by atoms with Gasteiger partial charge in [-0.15, -0.1) is 0 Å². The monoisotopic (exact) mass is 391 g/mol. The molecule has 1 aliphatic heterocycles. The smallest absolute Gasteiger partial charge is 0.433 e. The molecule has 0 unspecified atom stereocenters. The Labute approximate surface area is 159 Å². The lowest BCUT2D eigenvalue weighted by Gasteiger charge is -2.31. The number of carbonyl (C=O) groups is 1. The number of aromatic nitrogens is 1. The molecule has 1 aliphatic rings. The highest BCUT2D eigenvalue weighted by Crippen LogP contribution is 2.31. The van der Waals surface area contributed by atoms with Crippen molar-refractivity contribution >= 4 is 17.1 Å². The topological polar surface area (TPSA) is 58.4 Å². The number of carbonyl (C=O) groups excluding carboxylic acids is 1. The minimum Gasteiger partial charge on any atom is -0.457 e. The highest BCUT2D eigenvalue weighted by Gasteiger charge is 2.33. The molecule has 1 fully saturated rings. The second kappa shape index (κ2) is 7.43. The third-order valence-corrected chi connectivity index (χ3v) is 5.20. The first-order valence-electron chi connectivity index (χ1n) is 9.27. The molecule has 5 nitrogen and oxygen atoms in total. The van der Waals surface area contributed by atoms with Crippen LogP contribution in [0.3, 0.4) is 0 Å². The second-order valence-corrected chi connectivity index (χ2v) is 7.08. The van der Waals surface area contributed by atoms with E-state index in [0.29, 0.717) is 35.5 Å². The molecular formula is C20H20F3N3O2. The summed E-state index contributed by atoms with van der Waals surface area (Å²) in [6, 6.07) is 9.41. The first-order valence-corrected chi connectivity index (χ1v) is 9.27. The van der Waals surface area contributed by atoms with Crippen molar-refractivity contribution in [2.24, 2.45) is 0 Å². The summed E-state index contributed by atoms with van der Waals surface area (Å²) in [5.41, 5.74) is 1.49. The maximum atomic E-state index is 12.8. The fourth-order valence-electron chi connectivity index (χ4n) is 3.68. The van der Waals surface area contributed by atoms with Crippen molar-refractivity contribution in [2.75, 3.05) is 26.2 Å². The van der Waals surface area contributed by atoms with Gasteiger partial charge in [0.25, 0.3) is 5.91 Å². The molecule has 0 spiro atoms. The van der Waals surface area contributed by atoms with Gasteiger partial charge in [-0.05, 0) is 56.3 Å². The summed E-state index contributed by atoms with van der Waals surface area (Å²) in [5, 5.41) is 2.89. The largest absolute Gasteiger partial charge is 0.457 e. The van der Waals surface area contributed by atoms with Crippen molar-refractivity contribution in [2.45, 2.75) is 24.9 Å². The zero-order valence-electron chi connectivity index (χ0n) is 15.1. The Morgan fingerprint density at radius 1 is 1.21 bits per heavy atom. The summed E-state index contributed by atoms with van der Waals surface area (Å²) in [6.07, 6.45) is -2.91. The average Bonchev–Trinajstić information content (AvgIpc) is 3.31. The van der Waals surface area contributed by atoms with Crippen molar-refractivity contribution < 1.29 is 22.4 Å². The fourth-order valence-corrected chi connectivity index (χ4v) is 3.68. The standard InChI is InChI=1S/C20H20F3N3O2/c21-20(22,23)18-3-1-2-16(25-18)13-6-9-26(10-7-13)11-8-24-19(27)15-12-14-4-5-17(15)28-14/h1-5,12-13H,6-11H2,(H,24,27). The third-order valence-electron chi connectivity index (χ3n) is 5.20. The molecule has 28 heavy (non-hydrogen) atoms. The molecule has 1 N–H and O–H groups in total. The Morgan fingerprint density at radius 2 is 2.00 bits per heavy atom. The summed E-state index contributed by atoms with van der Waals surface area (Å²) in [5.74, 6) is -0.123. The van der Waals surface area contributed by atoms with Gasteiger partial charge in [0.05, 0.1) is 5.56 Å². The van der Waals surface area contributed by atoms with Gasteiger partial charge in [0.2, 0.25) is 0 Å². The highest BCUT2D eigenvalue weighted by molar-refractivity contribution is 6.02. The van der Waals surface area contributed by atoms with E-state index in [2.05, 4.69) is 15.2 Å². The van der Waals surface area contributed by atoms with Crippen LogP contribution in [0.2, 0.25) is 0 Å². The average molecular weight is 391 g/mol. The van der Waals surface area contributed by atoms with Gasteiger partial charge in [-0.3, -0.25) is 4.79 Å². The predicted molar refractivity (Wildman–Crippen MR) is 97.4 cm³/mol. The minimum atomic E-state index is -4.42. The lowest BCUT2D eigenvalue weighted by atomic mass is 9.93. The number of rotatable bonds is 5. The molecule has 0 radical (unpaired) electrons. The van der Waals surface area contributed by atoms with Crippen LogP contribution < -0.4 is 5.32 Å². The quantitative estimate of drug-likeness (QED) is 0.717. The molecule has 0 atom stereocenters. The zero-order chi connectivity index (χ0) is 19.7. The van der Waals surface area contributed by atoms with Crippen molar-refractivity contribution in [1.82, 2.24) is 15.2 Å². The molecule has 3 aromatic rings. The lowest BCUT2D eigenvalue weighted by molar-refractivity contribution is -0.141. The number of hydrogen-bond donors (Lipinski definition) is 1. The summed E-state index contributed by atoms with van der Waals surface area (Å²) in [6.45, 7) is 2.74. The molecule has 0 aliphatic carbocycles. The second-order valence-electron chi connectivity index (χ2n) is 7.08. The van der Waals surface area contributed by atoms with Crippen molar-refractivity contribution in [3.8, 4) is 0 Å². The number of benzene rings is 1. The van der Waals surface area contributed by atoms with Crippen LogP contribution in [0, 0.1) is 0 Å². The molecular weight excluding hydrogens is 371 g/mol. The molecule has 3 aromatic heterocycles. The van der Waals surface area contributed by atoms with Gasteiger partial charge in [-0.1, -0.05) is 6.07 Å². The molecule has 1 saturated heterocycles. The van der Waals surface area contributed by atoms with E-state index < -0.39 is 11.9 Å². The molecule has 0 aromatic carbocycles. The molecule has 4 rings (SSSR count). The van der Waals surface area contributed by atoms with E-state index in [1.165, 1.54) is 6.07 Å². The first-order chi connectivity index (χ1) is 13.4. The number of nitrogens with zero attached hydrogens (tertiary/aromatic N) is 2. The molecule has 148 valence electrons. The Morgan fingerprint density at radius 3 is 2.64 bits per heavy atom. The number of pyridine rings is 1. The maximum Gasteiger partial charge on any atom is 0.433 e. The lowest BCUT2D eigenvalue weighted by Crippen LogP contribution is -2.39. The van der Waals surface area contributed by atoms with E-state index in [1.54, 1.807) is 18.2 Å². The fraction of sp³-hybridized carbons (Fsp3) is 0.400. The minimum absolute atomic E-state index is 0.0321. The van der Waals surface area contributed by atoms with Gasteiger partial charge in [-0.2, -0.15) is 13.2 Å². The number of amides is 1. The van der Waals surface area contributed by atoms with Crippen LogP contribution in [0.25, 0.3) is 11.2 Å². The van der Waals surface area contributed by atoms with Crippen LogP contribution in [0.5, 0.6) is 0 Å². The molecule has 8 heteroatoms. The number of likely N-dealkylation sites (tertiary alicyclic amines) is 1. The normalized spacial score (nSPS) is 16.7. The van der Waals surface area contributed by atoms with Gasteiger partial charge >= 0.3 is 6.18 Å². The number of piperidine rings is 1. The first kappa shape index (κ1) is 18.7. The molecule has 4 heterocycles. The number of alkyl halides is 3. The van der Waals surface area contributed by atoms with Crippen LogP contribution in [0.15, 0.2) is 40.8 Å². The van der Waals surface area contributed by atoms with E-state index in [0.717, 1.165) is 32.0 Å². The summed E-state index contributed by atoms with van der Waals surface area (Å²) < 4.78 is 43.9. The summed E-state index contributed by atoms with van der Waals surface area (Å²) in [4.78, 5) is 18.2. The van der Waals surface area contributed by atoms with Gasteiger partial charge in [0.15, 0.2) is 0 Å². The van der Waals surface area contributed by atoms with Crippen LogP contribution in [-0.2, 0) is 6.18 Å². The molecule has 0 saturated carbocycles. The van der Waals surface area contributed by atoms with E-state index in [4.69, 9.17) is 4.42 Å². The zero-order valence-corrected chi connectivity index (χ0v) is 15.1. The number of nitrogens with one attached hydrogen (secondary N) is 1. The van der Waals surface area contributed by atoms with E-state index in [9.17, 15) is 18.0 Å². The van der Waals surface area contributed by atoms with E-state index in [1.807, 2.05) is 6.07 Å². The Balaban J connectivity index is 1.24. The Bertz CT molecular complexity index is 945. The van der Waals surface area contributed by atoms with Crippen molar-refractivity contribution in [3.63, 3.8) is 0 Å². The van der Waals surface area contributed by atoms with E-state index in [-0.39, 0.29) is 11.8 Å². The molecule has 2 bridgehead atoms. The Hall–Kier alpha value is -2.61. The highest BCUT2D eigenvalue weighted by atomic mass is 19.4. The number of hydrogen-bond acceptors (Lipinski definition) is 4. The summed E-state index contributed by atoms with van der Waals surface area (Å²) in [7, 11) is 0. The maximum absolute atomic E-state index is 12.8. The van der Waals surface area contributed by atoms with Crippen LogP contribution in [-0.4, -0.2) is 42.0 Å². The van der Waals surface area contributed by atoms with Crippen LogP contribution in [0.4, 0.5) is 13.2 Å². The van der Waals surface area contributed by atoms with Crippen molar-refractivity contribution in [1.29, 1.82) is 0 Å². The van der Waals surface area contributed by atoms with E-state index >= 15 is 0 Å². The van der Waals surface area contributed by atoms with Crippen LogP contribution in [0.1, 0.15) is 40.5 Å². The van der Waals surface area contributed by atoms with Crippen molar-refractivity contribution in [3.05, 3.63) is 53.3 Å². The van der Waals surface area contributed by atoms with Gasteiger partial charge in [0, 0.05) is 24.7 Å². The number of halogens is 3. The summed E-state index contributed by atoms with van der Waals surface area (Å²) >= 11 is 0. The van der Waals surface area contributed by atoms with Crippen LogP contribution >= 0.6 is 0 Å². The molecule has 1 amide bonds. The van der Waals surface area contributed by atoms with Gasteiger partial charge in [0.1, 0.15) is 16.9 Å². The predicted octanol–water partition coefficient (Wildman–Crippen LogP) is 3.89. The van der Waals surface area contributed by atoms with Gasteiger partial charge < -0.3 is 14.6 Å². The van der Waals surface area contributed by atoms with Gasteiger partial charge in [-0.25, -0.2) is 4.98 Å². The SMILES string of the molecule is O=C(NCCN1CCC(c2cccc(C(F)(F)F)n2)CC1)c1cc2ccc1o2. The number of fused-ring (bicyclic) bond motifs is 2. The third kappa shape index (κ3) is 3.96. The Kier molecular flexibility index (Phi) is 4.97. The number of furan rings is 2.